The molecule has 3 amide bonds. The Morgan fingerprint density at radius 2 is 1.93 bits per heavy atom. The third-order valence-corrected chi connectivity index (χ3v) is 5.24. The average Bonchev–Trinajstić information content (AvgIpc) is 3.22. The zero-order valence-electron chi connectivity index (χ0n) is 15.3. The molecular weight excluding hydrogens is 424 g/mol. The molecule has 28 heavy (non-hydrogen) atoms. The van der Waals surface area contributed by atoms with Crippen molar-refractivity contribution in [2.75, 3.05) is 0 Å². The number of nitrogens with one attached hydrogen (secondary N) is 1. The van der Waals surface area contributed by atoms with Gasteiger partial charge in [-0.3, -0.25) is 9.69 Å². The molecule has 0 unspecified atom stereocenters. The maximum absolute atomic E-state index is 13.0. The molecule has 8 heteroatoms. The maximum Gasteiger partial charge on any atom is 0.325 e. The maximum atomic E-state index is 13.0. The summed E-state index contributed by atoms with van der Waals surface area (Å²) in [5.41, 5.74) is 1.44. The highest BCUT2D eigenvalue weighted by Gasteiger charge is 2.49. The Hall–Kier alpha value is -3.00. The van der Waals surface area contributed by atoms with Gasteiger partial charge in [-0.05, 0) is 43.7 Å². The van der Waals surface area contributed by atoms with E-state index in [4.69, 9.17) is 4.52 Å². The predicted octanol–water partition coefficient (Wildman–Crippen LogP) is 3.77. The van der Waals surface area contributed by atoms with Crippen LogP contribution in [0.3, 0.4) is 0 Å². The number of carbonyl (C=O) groups excluding carboxylic acids is 2. The molecule has 2 heterocycles. The second-order valence-electron chi connectivity index (χ2n) is 6.84. The van der Waals surface area contributed by atoms with Crippen LogP contribution in [0.15, 0.2) is 57.5 Å². The standard InChI is InChI=1S/C20H17BrN4O3/c1-12-6-8-13(9-7-12)17-22-16(24-28-17)11-25-18(26)20(2,23-19(25)27)14-4-3-5-15(21)10-14/h3-10H,11H2,1-2H3,(H,23,27)/t20-/m0/s1. The summed E-state index contributed by atoms with van der Waals surface area (Å²) in [5.74, 6) is 0.242. The van der Waals surface area contributed by atoms with Crippen LogP contribution < -0.4 is 5.32 Å². The minimum absolute atomic E-state index is 0.0659. The Labute approximate surface area is 169 Å². The molecule has 1 aliphatic rings. The highest BCUT2D eigenvalue weighted by molar-refractivity contribution is 9.10. The van der Waals surface area contributed by atoms with Crippen LogP contribution in [0.4, 0.5) is 4.79 Å². The lowest BCUT2D eigenvalue weighted by Crippen LogP contribution is -2.40. The van der Waals surface area contributed by atoms with Gasteiger partial charge in [-0.25, -0.2) is 4.79 Å². The van der Waals surface area contributed by atoms with Crippen LogP contribution in [-0.2, 0) is 16.9 Å². The summed E-state index contributed by atoms with van der Waals surface area (Å²) >= 11 is 3.40. The predicted molar refractivity (Wildman–Crippen MR) is 105 cm³/mol. The largest absolute Gasteiger partial charge is 0.334 e. The highest BCUT2D eigenvalue weighted by atomic mass is 79.9. The summed E-state index contributed by atoms with van der Waals surface area (Å²) in [5, 5.41) is 6.68. The topological polar surface area (TPSA) is 88.3 Å². The van der Waals surface area contributed by atoms with E-state index in [1.807, 2.05) is 49.4 Å². The number of amides is 3. The van der Waals surface area contributed by atoms with E-state index in [0.29, 0.717) is 11.5 Å². The molecule has 142 valence electrons. The van der Waals surface area contributed by atoms with Crippen molar-refractivity contribution < 1.29 is 14.1 Å². The summed E-state index contributed by atoms with van der Waals surface area (Å²) in [6.45, 7) is 3.61. The molecule has 0 radical (unpaired) electrons. The van der Waals surface area contributed by atoms with Crippen LogP contribution in [0.5, 0.6) is 0 Å². The first-order valence-electron chi connectivity index (χ1n) is 8.66. The van der Waals surface area contributed by atoms with Gasteiger partial charge in [0, 0.05) is 10.0 Å². The fourth-order valence-electron chi connectivity index (χ4n) is 3.11. The van der Waals surface area contributed by atoms with Crippen LogP contribution in [0, 0.1) is 6.92 Å². The van der Waals surface area contributed by atoms with Crippen molar-refractivity contribution in [3.8, 4) is 11.5 Å². The van der Waals surface area contributed by atoms with E-state index < -0.39 is 11.6 Å². The van der Waals surface area contributed by atoms with Gasteiger partial charge in [0.2, 0.25) is 0 Å². The molecule has 1 aliphatic heterocycles. The Morgan fingerprint density at radius 3 is 2.64 bits per heavy atom. The number of rotatable bonds is 4. The second-order valence-corrected chi connectivity index (χ2v) is 7.75. The molecule has 2 aromatic carbocycles. The van der Waals surface area contributed by atoms with Crippen molar-refractivity contribution in [1.29, 1.82) is 0 Å². The molecule has 0 saturated carbocycles. The summed E-state index contributed by atoms with van der Waals surface area (Å²) in [4.78, 5) is 30.9. The van der Waals surface area contributed by atoms with Crippen molar-refractivity contribution in [2.24, 2.45) is 0 Å². The van der Waals surface area contributed by atoms with Crippen LogP contribution in [-0.4, -0.2) is 27.0 Å². The van der Waals surface area contributed by atoms with Gasteiger partial charge in [0.15, 0.2) is 5.82 Å². The van der Waals surface area contributed by atoms with Crippen LogP contribution in [0.2, 0.25) is 0 Å². The molecule has 0 bridgehead atoms. The molecule has 1 atom stereocenters. The third kappa shape index (κ3) is 3.20. The fraction of sp³-hybridized carbons (Fsp3) is 0.200. The van der Waals surface area contributed by atoms with Crippen molar-refractivity contribution in [2.45, 2.75) is 25.9 Å². The second kappa shape index (κ2) is 6.87. The normalized spacial score (nSPS) is 19.2. The lowest BCUT2D eigenvalue weighted by molar-refractivity contribution is -0.131. The first kappa shape index (κ1) is 18.4. The fourth-order valence-corrected chi connectivity index (χ4v) is 3.51. The van der Waals surface area contributed by atoms with Crippen LogP contribution in [0.1, 0.15) is 23.9 Å². The van der Waals surface area contributed by atoms with E-state index in [1.54, 1.807) is 13.0 Å². The minimum Gasteiger partial charge on any atom is -0.334 e. The Balaban J connectivity index is 1.56. The molecule has 1 N–H and O–H groups in total. The van der Waals surface area contributed by atoms with Crippen LogP contribution >= 0.6 is 15.9 Å². The van der Waals surface area contributed by atoms with Crippen molar-refractivity contribution in [1.82, 2.24) is 20.4 Å². The molecule has 4 rings (SSSR count). The van der Waals surface area contributed by atoms with E-state index in [9.17, 15) is 9.59 Å². The number of imide groups is 1. The number of nitrogens with zero attached hydrogens (tertiary/aromatic N) is 3. The Bertz CT molecular complexity index is 1060. The zero-order chi connectivity index (χ0) is 19.9. The minimum atomic E-state index is -1.15. The first-order valence-corrected chi connectivity index (χ1v) is 9.46. The highest BCUT2D eigenvalue weighted by Crippen LogP contribution is 2.31. The number of urea groups is 1. The van der Waals surface area contributed by atoms with E-state index in [-0.39, 0.29) is 18.3 Å². The molecule has 1 fully saturated rings. The van der Waals surface area contributed by atoms with E-state index >= 15 is 0 Å². The number of aryl methyl sites for hydroxylation is 1. The lowest BCUT2D eigenvalue weighted by Gasteiger charge is -2.22. The van der Waals surface area contributed by atoms with Crippen molar-refractivity contribution >= 4 is 27.9 Å². The van der Waals surface area contributed by atoms with Gasteiger partial charge in [-0.1, -0.05) is 50.9 Å². The smallest absolute Gasteiger partial charge is 0.325 e. The van der Waals surface area contributed by atoms with Crippen molar-refractivity contribution in [3.63, 3.8) is 0 Å². The molecular formula is C20H17BrN4O3. The van der Waals surface area contributed by atoms with Gasteiger partial charge in [-0.15, -0.1) is 0 Å². The number of hydrogen-bond donors (Lipinski definition) is 1. The molecule has 0 aliphatic carbocycles. The average molecular weight is 441 g/mol. The molecule has 7 nitrogen and oxygen atoms in total. The molecule has 1 saturated heterocycles. The third-order valence-electron chi connectivity index (χ3n) is 4.74. The van der Waals surface area contributed by atoms with E-state index in [1.165, 1.54) is 0 Å². The number of halogens is 1. The summed E-state index contributed by atoms with van der Waals surface area (Å²) in [7, 11) is 0. The Kier molecular flexibility index (Phi) is 4.50. The van der Waals surface area contributed by atoms with Crippen LogP contribution in [0.25, 0.3) is 11.5 Å². The molecule has 0 spiro atoms. The monoisotopic (exact) mass is 440 g/mol. The number of hydrogen-bond acceptors (Lipinski definition) is 5. The Morgan fingerprint density at radius 1 is 1.18 bits per heavy atom. The number of benzene rings is 2. The van der Waals surface area contributed by atoms with Gasteiger partial charge in [0.05, 0.1) is 6.54 Å². The van der Waals surface area contributed by atoms with Gasteiger partial charge in [0.25, 0.3) is 11.8 Å². The summed E-state index contributed by atoms with van der Waals surface area (Å²) < 4.78 is 6.11. The quantitative estimate of drug-likeness (QED) is 0.623. The lowest BCUT2D eigenvalue weighted by atomic mass is 9.92. The molecule has 3 aromatic rings. The summed E-state index contributed by atoms with van der Waals surface area (Å²) in [6.07, 6.45) is 0. The van der Waals surface area contributed by atoms with Crippen molar-refractivity contribution in [3.05, 3.63) is 70.0 Å². The van der Waals surface area contributed by atoms with E-state index in [2.05, 4.69) is 31.4 Å². The first-order chi connectivity index (χ1) is 13.4. The number of aromatic nitrogens is 2. The summed E-state index contributed by atoms with van der Waals surface area (Å²) in [6, 6.07) is 14.4. The zero-order valence-corrected chi connectivity index (χ0v) is 16.9. The number of carbonyl (C=O) groups is 2. The van der Waals surface area contributed by atoms with E-state index in [0.717, 1.165) is 20.5 Å². The molecule has 1 aromatic heterocycles. The van der Waals surface area contributed by atoms with Gasteiger partial charge in [-0.2, -0.15) is 4.98 Å². The van der Waals surface area contributed by atoms with Gasteiger partial charge in [0.1, 0.15) is 5.54 Å². The van der Waals surface area contributed by atoms with Gasteiger partial charge >= 0.3 is 6.03 Å². The van der Waals surface area contributed by atoms with Gasteiger partial charge < -0.3 is 9.84 Å². The SMILES string of the molecule is Cc1ccc(-c2nc(CN3C(=O)N[C@@](C)(c4cccc(Br)c4)C3=O)no2)cc1.